The normalized spacial score (nSPS) is 20.3. The molecule has 0 radical (unpaired) electrons. The summed E-state index contributed by atoms with van der Waals surface area (Å²) in [7, 11) is 1.75. The number of anilines is 1. The fourth-order valence-corrected chi connectivity index (χ4v) is 3.09. The Morgan fingerprint density at radius 2 is 1.58 bits per heavy atom. The lowest BCUT2D eigenvalue weighted by Crippen LogP contribution is -2.39. The van der Waals surface area contributed by atoms with E-state index in [1.807, 2.05) is 30.3 Å². The molecule has 126 valence electrons. The minimum absolute atomic E-state index is 0.0596. The van der Waals surface area contributed by atoms with Gasteiger partial charge in [-0.2, -0.15) is 13.2 Å². The molecule has 2 aromatic carbocycles. The van der Waals surface area contributed by atoms with Crippen molar-refractivity contribution in [3.05, 3.63) is 65.7 Å². The third-order valence-electron chi connectivity index (χ3n) is 4.67. The molecule has 2 nitrogen and oxygen atoms in total. The first-order chi connectivity index (χ1) is 11.4. The van der Waals surface area contributed by atoms with E-state index in [0.29, 0.717) is 12.8 Å². The van der Waals surface area contributed by atoms with E-state index in [4.69, 9.17) is 0 Å². The third kappa shape index (κ3) is 3.30. The second-order valence-corrected chi connectivity index (χ2v) is 6.22. The highest BCUT2D eigenvalue weighted by molar-refractivity contribution is 5.95. The second-order valence-electron chi connectivity index (χ2n) is 6.22. The van der Waals surface area contributed by atoms with Crippen LogP contribution in [0.3, 0.4) is 0 Å². The van der Waals surface area contributed by atoms with E-state index in [9.17, 15) is 18.0 Å². The lowest BCUT2D eigenvalue weighted by atomic mass is 9.70. The van der Waals surface area contributed by atoms with Gasteiger partial charge in [-0.25, -0.2) is 0 Å². The predicted molar refractivity (Wildman–Crippen MR) is 86.8 cm³/mol. The van der Waals surface area contributed by atoms with Crippen LogP contribution in [0.5, 0.6) is 0 Å². The number of hydrogen-bond donors (Lipinski definition) is 0. The summed E-state index contributed by atoms with van der Waals surface area (Å²) in [5, 5.41) is 0. The topological polar surface area (TPSA) is 20.3 Å². The van der Waals surface area contributed by atoms with Crippen molar-refractivity contribution in [3.63, 3.8) is 0 Å². The number of carbonyl (C=O) groups excluding carboxylic acids is 1. The van der Waals surface area contributed by atoms with Gasteiger partial charge in [0.25, 0.3) is 0 Å². The molecule has 1 aliphatic carbocycles. The van der Waals surface area contributed by atoms with Crippen molar-refractivity contribution in [3.8, 4) is 0 Å². The van der Waals surface area contributed by atoms with Crippen LogP contribution in [0.1, 0.15) is 29.9 Å². The number of hydrogen-bond acceptors (Lipinski definition) is 1. The predicted octanol–water partition coefficient (Wildman–Crippen LogP) is 4.86. The van der Waals surface area contributed by atoms with Crippen molar-refractivity contribution in [1.82, 2.24) is 0 Å². The number of rotatable bonds is 3. The first-order valence-corrected chi connectivity index (χ1v) is 7.86. The average molecular weight is 333 g/mol. The van der Waals surface area contributed by atoms with Gasteiger partial charge in [-0.05, 0) is 48.6 Å². The van der Waals surface area contributed by atoms with E-state index >= 15 is 0 Å². The highest BCUT2D eigenvalue weighted by Crippen LogP contribution is 2.43. The van der Waals surface area contributed by atoms with Crippen molar-refractivity contribution in [2.24, 2.45) is 5.92 Å². The fraction of sp³-hybridized carbons (Fsp3) is 0.316. The lowest BCUT2D eigenvalue weighted by molar-refractivity contribution is -0.137. The molecule has 0 heterocycles. The van der Waals surface area contributed by atoms with Crippen LogP contribution in [0, 0.1) is 5.92 Å². The van der Waals surface area contributed by atoms with Crippen LogP contribution in [0.4, 0.5) is 18.9 Å². The van der Waals surface area contributed by atoms with Gasteiger partial charge in [-0.3, -0.25) is 4.79 Å². The van der Waals surface area contributed by atoms with Crippen LogP contribution >= 0.6 is 0 Å². The fourth-order valence-electron chi connectivity index (χ4n) is 3.09. The smallest absolute Gasteiger partial charge is 0.315 e. The second kappa shape index (κ2) is 6.30. The monoisotopic (exact) mass is 333 g/mol. The Hall–Kier alpha value is -2.30. The van der Waals surface area contributed by atoms with E-state index in [2.05, 4.69) is 0 Å². The molecule has 0 spiro atoms. The van der Waals surface area contributed by atoms with E-state index in [1.54, 1.807) is 11.9 Å². The quantitative estimate of drug-likeness (QED) is 0.785. The number of nitrogens with zero attached hydrogens (tertiary/aromatic N) is 1. The molecule has 1 saturated carbocycles. The molecule has 0 atom stereocenters. The first-order valence-electron chi connectivity index (χ1n) is 7.86. The third-order valence-corrected chi connectivity index (χ3v) is 4.67. The summed E-state index contributed by atoms with van der Waals surface area (Å²) in [4.78, 5) is 14.1. The highest BCUT2D eigenvalue weighted by atomic mass is 19.4. The Kier molecular flexibility index (Phi) is 4.35. The van der Waals surface area contributed by atoms with Crippen LogP contribution in [0.25, 0.3) is 0 Å². The van der Waals surface area contributed by atoms with Crippen molar-refractivity contribution < 1.29 is 18.0 Å². The molecule has 5 heteroatoms. The molecule has 1 aliphatic rings. The number of benzene rings is 2. The number of amides is 1. The Bertz CT molecular complexity index is 704. The Morgan fingerprint density at radius 3 is 2.12 bits per heavy atom. The Morgan fingerprint density at radius 1 is 1.00 bits per heavy atom. The molecule has 3 rings (SSSR count). The van der Waals surface area contributed by atoms with Gasteiger partial charge < -0.3 is 4.90 Å². The minimum atomic E-state index is -4.31. The highest BCUT2D eigenvalue weighted by Gasteiger charge is 2.37. The molecule has 2 aromatic rings. The van der Waals surface area contributed by atoms with Gasteiger partial charge in [-0.15, -0.1) is 0 Å². The van der Waals surface area contributed by atoms with Gasteiger partial charge in [-0.1, -0.05) is 30.3 Å². The molecule has 0 bridgehead atoms. The molecule has 0 unspecified atom stereocenters. The zero-order valence-electron chi connectivity index (χ0n) is 13.3. The van der Waals surface area contributed by atoms with Crippen LogP contribution in [-0.4, -0.2) is 13.0 Å². The van der Waals surface area contributed by atoms with Gasteiger partial charge >= 0.3 is 6.18 Å². The summed E-state index contributed by atoms with van der Waals surface area (Å²) in [5.74, 6) is 0.150. The van der Waals surface area contributed by atoms with E-state index in [0.717, 1.165) is 23.4 Å². The van der Waals surface area contributed by atoms with Crippen LogP contribution in [0.15, 0.2) is 54.6 Å². The number of para-hydroxylation sites is 1. The first kappa shape index (κ1) is 16.6. The van der Waals surface area contributed by atoms with E-state index in [1.165, 1.54) is 12.1 Å². The Labute approximate surface area is 138 Å². The van der Waals surface area contributed by atoms with Crippen molar-refractivity contribution >= 4 is 11.6 Å². The van der Waals surface area contributed by atoms with Crippen molar-refractivity contribution in [2.75, 3.05) is 11.9 Å². The summed E-state index contributed by atoms with van der Waals surface area (Å²) in [6.45, 7) is 0. The molecule has 1 fully saturated rings. The summed E-state index contributed by atoms with van der Waals surface area (Å²) < 4.78 is 37.8. The van der Waals surface area contributed by atoms with Gasteiger partial charge in [0, 0.05) is 18.7 Å². The molecule has 0 N–H and O–H groups in total. The van der Waals surface area contributed by atoms with Gasteiger partial charge in [0.2, 0.25) is 5.91 Å². The number of halogens is 3. The number of alkyl halides is 3. The Balaban J connectivity index is 1.60. The minimum Gasteiger partial charge on any atom is -0.315 e. The standard InChI is InChI=1S/C19H18F3NO/c1-23(17-5-3-2-4-6-17)18(24)15-11-14(12-15)13-7-9-16(10-8-13)19(20,21)22/h2-10,14-15H,11-12H2,1H3. The molecule has 0 aliphatic heterocycles. The molecule has 0 aromatic heterocycles. The van der Waals surface area contributed by atoms with Crippen LogP contribution in [0.2, 0.25) is 0 Å². The van der Waals surface area contributed by atoms with Crippen molar-refractivity contribution in [1.29, 1.82) is 0 Å². The maximum atomic E-state index is 12.6. The summed E-state index contributed by atoms with van der Waals surface area (Å²) >= 11 is 0. The zero-order chi connectivity index (χ0) is 17.3. The maximum Gasteiger partial charge on any atom is 0.416 e. The van der Waals surface area contributed by atoms with Crippen LogP contribution in [-0.2, 0) is 11.0 Å². The summed E-state index contributed by atoms with van der Waals surface area (Å²) in [6, 6.07) is 14.7. The van der Waals surface area contributed by atoms with E-state index < -0.39 is 11.7 Å². The van der Waals surface area contributed by atoms with Crippen molar-refractivity contribution in [2.45, 2.75) is 24.9 Å². The molecule has 0 saturated heterocycles. The zero-order valence-corrected chi connectivity index (χ0v) is 13.3. The largest absolute Gasteiger partial charge is 0.416 e. The van der Waals surface area contributed by atoms with Crippen LogP contribution < -0.4 is 4.90 Å². The van der Waals surface area contributed by atoms with Gasteiger partial charge in [0.1, 0.15) is 0 Å². The van der Waals surface area contributed by atoms with Gasteiger partial charge in [0.05, 0.1) is 5.56 Å². The molecular formula is C19H18F3NO. The number of carbonyl (C=O) groups is 1. The van der Waals surface area contributed by atoms with Gasteiger partial charge in [0.15, 0.2) is 0 Å². The molecular weight excluding hydrogens is 315 g/mol. The maximum absolute atomic E-state index is 12.6. The average Bonchev–Trinajstić information content (AvgIpc) is 2.53. The molecule has 1 amide bonds. The lowest BCUT2D eigenvalue weighted by Gasteiger charge is -2.37. The molecule has 24 heavy (non-hydrogen) atoms. The SMILES string of the molecule is CN(C(=O)C1CC(c2ccc(C(F)(F)F)cc2)C1)c1ccccc1. The summed E-state index contributed by atoms with van der Waals surface area (Å²) in [5.41, 5.74) is 1.08. The van der Waals surface area contributed by atoms with E-state index in [-0.39, 0.29) is 17.7 Å². The summed E-state index contributed by atoms with van der Waals surface area (Å²) in [6.07, 6.45) is -2.95.